The second-order valence-corrected chi connectivity index (χ2v) is 14.6. The molecular weight excluding hydrogens is 446 g/mol. The lowest BCUT2D eigenvalue weighted by molar-refractivity contribution is 0.785. The number of rotatable bonds is 6. The van der Waals surface area contributed by atoms with Gasteiger partial charge >= 0.3 is 0 Å². The molecule has 0 fully saturated rings. The van der Waals surface area contributed by atoms with Gasteiger partial charge in [0.05, 0.1) is 19.4 Å². The van der Waals surface area contributed by atoms with Crippen LogP contribution in [0.2, 0.25) is 19.6 Å². The van der Waals surface area contributed by atoms with Crippen LogP contribution >= 0.6 is 24.4 Å². The van der Waals surface area contributed by atoms with Crippen LogP contribution in [0.3, 0.4) is 0 Å². The van der Waals surface area contributed by atoms with Gasteiger partial charge in [-0.05, 0) is 79.9 Å². The van der Waals surface area contributed by atoms with Crippen LogP contribution in [0.25, 0.3) is 11.4 Å². The highest BCUT2D eigenvalue weighted by Gasteiger charge is 2.29. The standard InChI is InChI=1S/C19H23N9S2Si/c1-13(31(2,3)4)26(14-5-9-16(10-6-14)27-18(29)20-22-24-27)15-7-11-17(12-8-15)28-19(30)21-23-25-28/h5-13H,1-4H3,(H,20,24,29)(H,21,25,30). The average Bonchev–Trinajstić information content (AvgIpc) is 3.36. The third-order valence-corrected chi connectivity index (χ3v) is 8.65. The van der Waals surface area contributed by atoms with Gasteiger partial charge in [-0.15, -0.1) is 0 Å². The number of aromatic nitrogens is 8. The van der Waals surface area contributed by atoms with Gasteiger partial charge in [-0.25, -0.2) is 9.36 Å². The lowest BCUT2D eigenvalue weighted by Crippen LogP contribution is -2.47. The zero-order valence-electron chi connectivity index (χ0n) is 17.6. The van der Waals surface area contributed by atoms with Crippen LogP contribution in [0, 0.1) is 9.54 Å². The first-order valence-corrected chi connectivity index (χ1v) is 14.2. The Hall–Kier alpha value is -2.96. The summed E-state index contributed by atoms with van der Waals surface area (Å²) in [7, 11) is -1.51. The fourth-order valence-electron chi connectivity index (χ4n) is 3.24. The number of aromatic amines is 2. The van der Waals surface area contributed by atoms with Crippen LogP contribution in [0.15, 0.2) is 48.5 Å². The molecule has 12 heteroatoms. The van der Waals surface area contributed by atoms with Crippen molar-refractivity contribution in [2.24, 2.45) is 0 Å². The Labute approximate surface area is 190 Å². The molecule has 0 spiro atoms. The van der Waals surface area contributed by atoms with Gasteiger partial charge in [0, 0.05) is 17.0 Å². The average molecular weight is 470 g/mol. The van der Waals surface area contributed by atoms with Crippen LogP contribution in [0.1, 0.15) is 6.92 Å². The van der Waals surface area contributed by atoms with Gasteiger partial charge in [-0.2, -0.15) is 10.4 Å². The van der Waals surface area contributed by atoms with Crippen molar-refractivity contribution in [1.82, 2.24) is 40.4 Å². The zero-order chi connectivity index (χ0) is 22.2. The van der Waals surface area contributed by atoms with E-state index in [1.165, 1.54) is 0 Å². The third kappa shape index (κ3) is 4.27. The second-order valence-electron chi connectivity index (χ2n) is 8.28. The Morgan fingerprint density at radius 2 is 1.16 bits per heavy atom. The molecule has 4 aromatic rings. The number of tetrazole rings is 2. The van der Waals surface area contributed by atoms with Gasteiger partial charge in [0.25, 0.3) is 0 Å². The second kappa shape index (κ2) is 8.28. The molecule has 2 aromatic heterocycles. The van der Waals surface area contributed by atoms with E-state index in [9.17, 15) is 0 Å². The van der Waals surface area contributed by atoms with Crippen molar-refractivity contribution in [2.75, 3.05) is 4.90 Å². The summed E-state index contributed by atoms with van der Waals surface area (Å²) in [5.41, 5.74) is 4.33. The minimum atomic E-state index is -1.51. The van der Waals surface area contributed by atoms with Gasteiger partial charge in [-0.3, -0.25) is 0 Å². The highest BCUT2D eigenvalue weighted by Crippen LogP contribution is 2.32. The van der Waals surface area contributed by atoms with Crippen LogP contribution in [0.5, 0.6) is 0 Å². The van der Waals surface area contributed by atoms with Crippen molar-refractivity contribution in [3.63, 3.8) is 0 Å². The summed E-state index contributed by atoms with van der Waals surface area (Å²) in [5.74, 6) is 0. The molecular formula is C19H23N9S2Si. The van der Waals surface area contributed by atoms with Crippen LogP contribution < -0.4 is 4.90 Å². The van der Waals surface area contributed by atoms with Gasteiger partial charge < -0.3 is 4.90 Å². The monoisotopic (exact) mass is 469 g/mol. The van der Waals surface area contributed by atoms with Crippen molar-refractivity contribution in [3.05, 3.63) is 58.1 Å². The molecule has 0 aliphatic heterocycles. The molecule has 0 saturated carbocycles. The van der Waals surface area contributed by atoms with Crippen molar-refractivity contribution in [1.29, 1.82) is 0 Å². The molecule has 1 unspecified atom stereocenters. The molecule has 2 aromatic carbocycles. The Kier molecular flexibility index (Phi) is 5.69. The van der Waals surface area contributed by atoms with E-state index in [1.54, 1.807) is 9.36 Å². The molecule has 1 atom stereocenters. The molecule has 0 amide bonds. The molecule has 160 valence electrons. The topological polar surface area (TPSA) is 96.2 Å². The summed E-state index contributed by atoms with van der Waals surface area (Å²) >= 11 is 10.4. The zero-order valence-corrected chi connectivity index (χ0v) is 20.3. The predicted molar refractivity (Wildman–Crippen MR) is 128 cm³/mol. The summed E-state index contributed by atoms with van der Waals surface area (Å²) < 4.78 is 4.12. The van der Waals surface area contributed by atoms with Crippen molar-refractivity contribution in [3.8, 4) is 11.4 Å². The van der Waals surface area contributed by atoms with Gasteiger partial charge in [0.2, 0.25) is 9.54 Å². The Morgan fingerprint density at radius 1 is 0.774 bits per heavy atom. The number of nitrogens with zero attached hydrogens (tertiary/aromatic N) is 7. The minimum absolute atomic E-state index is 0.358. The lowest BCUT2D eigenvalue weighted by atomic mass is 10.2. The van der Waals surface area contributed by atoms with Crippen LogP contribution in [-0.4, -0.2) is 54.2 Å². The van der Waals surface area contributed by atoms with Crippen molar-refractivity contribution < 1.29 is 0 Å². The van der Waals surface area contributed by atoms with E-state index < -0.39 is 8.07 Å². The number of nitrogens with one attached hydrogen (secondary N) is 2. The maximum atomic E-state index is 5.21. The first-order valence-electron chi connectivity index (χ1n) is 9.76. The van der Waals surface area contributed by atoms with E-state index in [1.807, 2.05) is 24.3 Å². The summed E-state index contributed by atoms with van der Waals surface area (Å²) in [6.07, 6.45) is 0. The van der Waals surface area contributed by atoms with E-state index in [2.05, 4.69) is 86.8 Å². The number of benzene rings is 2. The first kappa shape index (κ1) is 21.3. The Bertz CT molecular complexity index is 1190. The summed E-state index contributed by atoms with van der Waals surface area (Å²) in [6, 6.07) is 16.4. The SMILES string of the molecule is CC(N(c1ccc(-n2[nH]nnc2=S)cc1)c1ccc(-n2[nH]nnc2=S)cc1)[Si](C)(C)C. The van der Waals surface area contributed by atoms with E-state index >= 15 is 0 Å². The minimum Gasteiger partial charge on any atom is -0.342 e. The summed E-state index contributed by atoms with van der Waals surface area (Å²) in [5, 5.41) is 20.8. The quantitative estimate of drug-likeness (QED) is 0.320. The Balaban J connectivity index is 1.73. The fourth-order valence-corrected chi connectivity index (χ4v) is 4.69. The van der Waals surface area contributed by atoms with Crippen LogP contribution in [-0.2, 0) is 0 Å². The fraction of sp³-hybridized carbons (Fsp3) is 0.263. The first-order chi connectivity index (χ1) is 14.8. The van der Waals surface area contributed by atoms with Gasteiger partial charge in [-0.1, -0.05) is 40.3 Å². The van der Waals surface area contributed by atoms with E-state index in [-0.39, 0.29) is 0 Å². The van der Waals surface area contributed by atoms with Gasteiger partial charge in [0.15, 0.2) is 0 Å². The maximum absolute atomic E-state index is 5.21. The van der Waals surface area contributed by atoms with Gasteiger partial charge in [0.1, 0.15) is 0 Å². The molecule has 0 aliphatic rings. The molecule has 0 aliphatic carbocycles. The molecule has 0 radical (unpaired) electrons. The van der Waals surface area contributed by atoms with Crippen molar-refractivity contribution >= 4 is 43.9 Å². The molecule has 2 heterocycles. The number of H-pyrrole nitrogens is 2. The molecule has 4 rings (SSSR count). The smallest absolute Gasteiger partial charge is 0.242 e. The highest BCUT2D eigenvalue weighted by molar-refractivity contribution is 7.71. The third-order valence-electron chi connectivity index (χ3n) is 5.36. The van der Waals surface area contributed by atoms with Crippen LogP contribution in [0.4, 0.5) is 11.4 Å². The lowest BCUT2D eigenvalue weighted by Gasteiger charge is -2.38. The summed E-state index contributed by atoms with van der Waals surface area (Å²) in [6.45, 7) is 9.41. The summed E-state index contributed by atoms with van der Waals surface area (Å²) in [4.78, 5) is 2.38. The molecule has 2 N–H and O–H groups in total. The highest BCUT2D eigenvalue weighted by atomic mass is 32.1. The maximum Gasteiger partial charge on any atom is 0.242 e. The predicted octanol–water partition coefficient (Wildman–Crippen LogP) is 4.37. The molecule has 0 bridgehead atoms. The van der Waals surface area contributed by atoms with E-state index in [0.29, 0.717) is 15.2 Å². The Morgan fingerprint density at radius 3 is 1.45 bits per heavy atom. The van der Waals surface area contributed by atoms with E-state index in [0.717, 1.165) is 22.7 Å². The normalized spacial score (nSPS) is 12.6. The number of anilines is 2. The largest absolute Gasteiger partial charge is 0.342 e. The van der Waals surface area contributed by atoms with E-state index in [4.69, 9.17) is 24.4 Å². The number of hydrogen-bond donors (Lipinski definition) is 2. The molecule has 9 nitrogen and oxygen atoms in total. The van der Waals surface area contributed by atoms with Crippen molar-refractivity contribution in [2.45, 2.75) is 32.2 Å². The molecule has 0 saturated heterocycles. The number of hydrogen-bond acceptors (Lipinski definition) is 7. The molecule has 31 heavy (non-hydrogen) atoms.